The third kappa shape index (κ3) is 3.62. The summed E-state index contributed by atoms with van der Waals surface area (Å²) in [5.74, 6) is 0.890. The maximum absolute atomic E-state index is 12.7. The van der Waals surface area contributed by atoms with Crippen LogP contribution in [0.3, 0.4) is 0 Å². The van der Waals surface area contributed by atoms with Crippen molar-refractivity contribution in [2.24, 2.45) is 0 Å². The van der Waals surface area contributed by atoms with Gasteiger partial charge in [0.1, 0.15) is 4.21 Å². The number of methoxy groups -OCH3 is 3. The molecule has 128 valence electrons. The molecule has 0 fully saturated rings. The number of halogens is 1. The van der Waals surface area contributed by atoms with E-state index in [9.17, 15) is 8.42 Å². The molecule has 0 aliphatic rings. The van der Waals surface area contributed by atoms with Crippen LogP contribution in [0.2, 0.25) is 0 Å². The van der Waals surface area contributed by atoms with Gasteiger partial charge in [0.2, 0.25) is 15.6 Å². The summed E-state index contributed by atoms with van der Waals surface area (Å²) in [6, 6.07) is 2.80. The lowest BCUT2D eigenvalue weighted by atomic mass is 10.3. The van der Waals surface area contributed by atoms with E-state index in [1.54, 1.807) is 7.05 Å². The van der Waals surface area contributed by atoms with E-state index in [4.69, 9.17) is 14.2 Å². The zero-order valence-corrected chi connectivity index (χ0v) is 15.4. The topological polar surface area (TPSA) is 86.8 Å². The van der Waals surface area contributed by atoms with Gasteiger partial charge in [-0.05, 0) is 0 Å². The number of benzene rings is 1. The Kier molecular flexibility index (Phi) is 6.48. The number of anilines is 1. The van der Waals surface area contributed by atoms with Crippen molar-refractivity contribution in [3.63, 3.8) is 0 Å². The third-order valence-corrected chi connectivity index (χ3v) is 6.12. The second-order valence-corrected chi connectivity index (χ2v) is 7.31. The second-order valence-electron chi connectivity index (χ2n) is 4.10. The van der Waals surface area contributed by atoms with Gasteiger partial charge in [0.15, 0.2) is 16.6 Å². The van der Waals surface area contributed by atoms with E-state index in [-0.39, 0.29) is 33.0 Å². The molecule has 1 heterocycles. The fourth-order valence-corrected chi connectivity index (χ4v) is 4.24. The lowest BCUT2D eigenvalue weighted by molar-refractivity contribution is 0.323. The van der Waals surface area contributed by atoms with Gasteiger partial charge < -0.3 is 19.5 Å². The Labute approximate surface area is 144 Å². The number of sulfone groups is 1. The van der Waals surface area contributed by atoms with Gasteiger partial charge in [-0.3, -0.25) is 0 Å². The quantitative estimate of drug-likeness (QED) is 0.823. The van der Waals surface area contributed by atoms with E-state index >= 15 is 0 Å². The lowest BCUT2D eigenvalue weighted by Gasteiger charge is -2.13. The maximum Gasteiger partial charge on any atom is 0.217 e. The van der Waals surface area contributed by atoms with Crippen molar-refractivity contribution in [1.82, 2.24) is 4.98 Å². The Hall–Kier alpha value is -1.71. The minimum absolute atomic E-state index is 0. The number of hydrogen-bond acceptors (Lipinski definition) is 8. The number of hydrogen-bond donors (Lipinski definition) is 1. The van der Waals surface area contributed by atoms with Gasteiger partial charge >= 0.3 is 0 Å². The van der Waals surface area contributed by atoms with Crippen LogP contribution >= 0.6 is 23.7 Å². The lowest BCUT2D eigenvalue weighted by Crippen LogP contribution is -2.03. The number of thiazole rings is 1. The van der Waals surface area contributed by atoms with Crippen LogP contribution in [0.5, 0.6) is 17.2 Å². The molecule has 10 heteroatoms. The Morgan fingerprint density at radius 3 is 2.04 bits per heavy atom. The number of ether oxygens (including phenoxy) is 3. The van der Waals surface area contributed by atoms with Crippen LogP contribution in [0.4, 0.5) is 5.13 Å². The van der Waals surface area contributed by atoms with E-state index in [1.165, 1.54) is 39.7 Å². The first kappa shape index (κ1) is 19.3. The summed E-state index contributed by atoms with van der Waals surface area (Å²) >= 11 is 1.05. The Morgan fingerprint density at radius 2 is 1.65 bits per heavy atom. The summed E-state index contributed by atoms with van der Waals surface area (Å²) in [7, 11) is 2.27. The average molecular weight is 381 g/mol. The SMILES string of the molecule is CNc1ncc(S(=O)(=O)c2cc(OC)c(OC)c(OC)c2)s1.Cl. The number of nitrogens with one attached hydrogen (secondary N) is 1. The Balaban J connectivity index is 0.00000264. The van der Waals surface area contributed by atoms with Gasteiger partial charge in [-0.25, -0.2) is 13.4 Å². The Morgan fingerprint density at radius 1 is 1.09 bits per heavy atom. The zero-order chi connectivity index (χ0) is 16.3. The molecule has 0 saturated carbocycles. The highest BCUT2D eigenvalue weighted by atomic mass is 35.5. The van der Waals surface area contributed by atoms with Crippen molar-refractivity contribution in [3.05, 3.63) is 18.3 Å². The van der Waals surface area contributed by atoms with Crippen LogP contribution in [-0.2, 0) is 9.84 Å². The highest BCUT2D eigenvalue weighted by Gasteiger charge is 2.25. The Bertz CT molecular complexity index is 751. The normalized spacial score (nSPS) is 10.6. The first-order chi connectivity index (χ1) is 10.5. The van der Waals surface area contributed by atoms with Gasteiger partial charge in [-0.15, -0.1) is 12.4 Å². The highest BCUT2D eigenvalue weighted by Crippen LogP contribution is 2.41. The molecule has 0 radical (unpaired) electrons. The first-order valence-electron chi connectivity index (χ1n) is 6.16. The van der Waals surface area contributed by atoms with Crippen molar-refractivity contribution < 1.29 is 22.6 Å². The van der Waals surface area contributed by atoms with Crippen molar-refractivity contribution in [3.8, 4) is 17.2 Å². The average Bonchev–Trinajstić information content (AvgIpc) is 3.03. The molecule has 1 aromatic carbocycles. The molecule has 0 amide bonds. The molecule has 0 spiro atoms. The molecule has 0 aliphatic heterocycles. The summed E-state index contributed by atoms with van der Waals surface area (Å²) in [6.07, 6.45) is 1.31. The number of rotatable bonds is 6. The summed E-state index contributed by atoms with van der Waals surface area (Å²) in [5, 5.41) is 3.33. The van der Waals surface area contributed by atoms with Gasteiger partial charge in [0.25, 0.3) is 0 Å². The smallest absolute Gasteiger partial charge is 0.217 e. The van der Waals surface area contributed by atoms with Crippen molar-refractivity contribution in [2.45, 2.75) is 9.10 Å². The minimum atomic E-state index is -3.72. The molecular weight excluding hydrogens is 364 g/mol. The van der Waals surface area contributed by atoms with Crippen LogP contribution < -0.4 is 19.5 Å². The van der Waals surface area contributed by atoms with Crippen LogP contribution in [0, 0.1) is 0 Å². The minimum Gasteiger partial charge on any atom is -0.493 e. The van der Waals surface area contributed by atoms with Crippen molar-refractivity contribution in [1.29, 1.82) is 0 Å². The second kappa shape index (κ2) is 7.71. The number of aromatic nitrogens is 1. The van der Waals surface area contributed by atoms with E-state index < -0.39 is 9.84 Å². The summed E-state index contributed by atoms with van der Waals surface area (Å²) in [6.45, 7) is 0. The summed E-state index contributed by atoms with van der Waals surface area (Å²) < 4.78 is 41.1. The van der Waals surface area contributed by atoms with Crippen LogP contribution in [0.1, 0.15) is 0 Å². The molecule has 2 aromatic rings. The molecule has 0 bridgehead atoms. The van der Waals surface area contributed by atoms with Crippen molar-refractivity contribution in [2.75, 3.05) is 33.7 Å². The van der Waals surface area contributed by atoms with Crippen molar-refractivity contribution >= 4 is 38.7 Å². The predicted octanol–water partition coefficient (Wildman–Crippen LogP) is 2.47. The van der Waals surface area contributed by atoms with E-state index in [1.807, 2.05) is 0 Å². The molecular formula is C13H17ClN2O5S2. The summed E-state index contributed by atoms with van der Waals surface area (Å²) in [5.41, 5.74) is 0. The molecule has 1 aromatic heterocycles. The molecule has 0 atom stereocenters. The van der Waals surface area contributed by atoms with E-state index in [2.05, 4.69) is 10.3 Å². The number of nitrogens with zero attached hydrogens (tertiary/aromatic N) is 1. The van der Waals surface area contributed by atoms with Gasteiger partial charge in [-0.2, -0.15) is 0 Å². The molecule has 7 nitrogen and oxygen atoms in total. The zero-order valence-electron chi connectivity index (χ0n) is 12.9. The van der Waals surface area contributed by atoms with Crippen LogP contribution in [-0.4, -0.2) is 41.8 Å². The molecule has 23 heavy (non-hydrogen) atoms. The van der Waals surface area contributed by atoms with Gasteiger partial charge in [0, 0.05) is 19.2 Å². The maximum atomic E-state index is 12.7. The van der Waals surface area contributed by atoms with Crippen LogP contribution in [0.25, 0.3) is 0 Å². The first-order valence-corrected chi connectivity index (χ1v) is 8.46. The largest absolute Gasteiger partial charge is 0.493 e. The highest BCUT2D eigenvalue weighted by molar-refractivity contribution is 7.93. The molecule has 0 saturated heterocycles. The van der Waals surface area contributed by atoms with Gasteiger partial charge in [0.05, 0.1) is 32.4 Å². The standard InChI is InChI=1S/C13H16N2O5S2.ClH/c1-14-13-15-7-11(21-13)22(16,17)8-5-9(18-2)12(20-4)10(6-8)19-3;/h5-7H,1-4H3,(H,14,15);1H. The third-order valence-electron chi connectivity index (χ3n) is 2.91. The van der Waals surface area contributed by atoms with Crippen LogP contribution in [0.15, 0.2) is 27.4 Å². The molecule has 0 unspecified atom stereocenters. The molecule has 1 N–H and O–H groups in total. The fourth-order valence-electron chi connectivity index (χ4n) is 1.83. The fraction of sp³-hybridized carbons (Fsp3) is 0.308. The molecule has 0 aliphatic carbocycles. The summed E-state index contributed by atoms with van der Waals surface area (Å²) in [4.78, 5) is 4.04. The predicted molar refractivity (Wildman–Crippen MR) is 90.5 cm³/mol. The monoisotopic (exact) mass is 380 g/mol. The van der Waals surface area contributed by atoms with Gasteiger partial charge in [-0.1, -0.05) is 11.3 Å². The molecule has 2 rings (SSSR count). The van der Waals surface area contributed by atoms with E-state index in [0.717, 1.165) is 11.3 Å². The van der Waals surface area contributed by atoms with E-state index in [0.29, 0.717) is 10.9 Å².